The van der Waals surface area contributed by atoms with Gasteiger partial charge in [0.25, 0.3) is 10.0 Å². The van der Waals surface area contributed by atoms with Crippen molar-refractivity contribution in [2.45, 2.75) is 65.1 Å². The number of hydrogen-bond donors (Lipinski definition) is 0. The molecule has 0 aromatic carbocycles. The molecule has 0 saturated heterocycles. The molecule has 0 fully saturated rings. The van der Waals surface area contributed by atoms with Crippen LogP contribution in [0.25, 0.3) is 5.57 Å². The van der Waals surface area contributed by atoms with E-state index in [1.54, 1.807) is 13.1 Å². The van der Waals surface area contributed by atoms with Gasteiger partial charge in [0.2, 0.25) is 0 Å². The van der Waals surface area contributed by atoms with Crippen molar-refractivity contribution < 1.29 is 8.42 Å². The zero-order chi connectivity index (χ0) is 17.6. The third-order valence-electron chi connectivity index (χ3n) is 3.44. The summed E-state index contributed by atoms with van der Waals surface area (Å²) >= 11 is 1.41. The van der Waals surface area contributed by atoms with Crippen LogP contribution in [-0.4, -0.2) is 30.7 Å². The maximum Gasteiger partial charge on any atom is 0.259 e. The van der Waals surface area contributed by atoms with Gasteiger partial charge in [0.1, 0.15) is 0 Å². The van der Waals surface area contributed by atoms with Crippen LogP contribution in [0, 0.1) is 0 Å². The lowest BCUT2D eigenvalue weighted by Crippen LogP contribution is -2.41. The molecule has 5 nitrogen and oxygen atoms in total. The lowest BCUT2D eigenvalue weighted by atomic mass is 10.1. The summed E-state index contributed by atoms with van der Waals surface area (Å²) in [5.74, 6) is 0.512. The van der Waals surface area contributed by atoms with Crippen molar-refractivity contribution in [2.24, 2.45) is 0 Å². The number of rotatable bonds is 4. The molecular weight excluding hydrogens is 330 g/mol. The number of hydrogen-bond acceptors (Lipinski definition) is 5. The summed E-state index contributed by atoms with van der Waals surface area (Å²) in [7, 11) is -3.46. The van der Waals surface area contributed by atoms with Gasteiger partial charge in [-0.05, 0) is 31.6 Å². The second-order valence-electron chi connectivity index (χ2n) is 5.41. The first-order valence-electron chi connectivity index (χ1n) is 8.00. The van der Waals surface area contributed by atoms with Crippen molar-refractivity contribution in [2.75, 3.05) is 10.6 Å². The molecule has 1 aromatic heterocycles. The van der Waals surface area contributed by atoms with Crippen LogP contribution in [0.4, 0.5) is 5.82 Å². The summed E-state index contributed by atoms with van der Waals surface area (Å²) in [4.78, 5) is 8.68. The molecule has 130 valence electrons. The molecule has 2 rings (SSSR count). The van der Waals surface area contributed by atoms with Crippen LogP contribution in [0.15, 0.2) is 16.8 Å². The average Bonchev–Trinajstić information content (AvgIpc) is 2.51. The molecule has 1 aliphatic rings. The predicted molar refractivity (Wildman–Crippen MR) is 99.2 cm³/mol. The number of sulfonamides is 1. The molecule has 7 heteroatoms. The molecule has 0 N–H and O–H groups in total. The van der Waals surface area contributed by atoms with Gasteiger partial charge in [0.15, 0.2) is 11.0 Å². The smallest absolute Gasteiger partial charge is 0.247 e. The lowest BCUT2D eigenvalue weighted by Gasteiger charge is -2.33. The maximum atomic E-state index is 12.5. The van der Waals surface area contributed by atoms with E-state index in [2.05, 4.69) is 23.8 Å². The molecule has 1 aromatic rings. The Hall–Kier alpha value is -1.08. The van der Waals surface area contributed by atoms with Gasteiger partial charge in [-0.25, -0.2) is 22.7 Å². The molecule has 1 aliphatic heterocycles. The molecular formula is C16H27N3O2S2. The van der Waals surface area contributed by atoms with Gasteiger partial charge in [-0.2, -0.15) is 0 Å². The molecule has 0 unspecified atom stereocenters. The maximum absolute atomic E-state index is 12.5. The van der Waals surface area contributed by atoms with Crippen molar-refractivity contribution in [3.05, 3.63) is 17.2 Å². The molecule has 0 atom stereocenters. The number of aromatic nitrogens is 2. The van der Waals surface area contributed by atoms with E-state index >= 15 is 0 Å². The monoisotopic (exact) mass is 357 g/mol. The Morgan fingerprint density at radius 2 is 1.78 bits per heavy atom. The van der Waals surface area contributed by atoms with E-state index < -0.39 is 10.0 Å². The normalized spacial score (nSPS) is 15.6. The minimum absolute atomic E-state index is 0.0762. The first-order valence-corrected chi connectivity index (χ1v) is 10.7. The van der Waals surface area contributed by atoms with Crippen LogP contribution in [0.1, 0.15) is 59.4 Å². The van der Waals surface area contributed by atoms with E-state index in [0.717, 1.165) is 18.4 Å². The minimum Gasteiger partial charge on any atom is -0.247 e. The highest BCUT2D eigenvalue weighted by Gasteiger charge is 2.34. The average molecular weight is 358 g/mol. The van der Waals surface area contributed by atoms with Gasteiger partial charge in [-0.3, -0.25) is 0 Å². The standard InChI is InChI=1S/C13H19N3O2S2.C3H8/c1-5-10(6-2)16-12-11(7-14-13(15-12)19-4)9(3)8-20(16,17)18;1-3-2/h7-8,10H,5-6H2,1-4H3;3H2,1-2H3. The first kappa shape index (κ1) is 20.0. The molecule has 0 bridgehead atoms. The lowest BCUT2D eigenvalue weighted by molar-refractivity contribution is 0.564. The molecule has 0 aliphatic carbocycles. The van der Waals surface area contributed by atoms with Crippen molar-refractivity contribution in [3.63, 3.8) is 0 Å². The summed E-state index contributed by atoms with van der Waals surface area (Å²) < 4.78 is 26.4. The Bertz CT molecular complexity index is 653. The topological polar surface area (TPSA) is 63.2 Å². The quantitative estimate of drug-likeness (QED) is 0.593. The highest BCUT2D eigenvalue weighted by atomic mass is 32.2. The Labute approximate surface area is 144 Å². The van der Waals surface area contributed by atoms with Crippen LogP contribution in [-0.2, 0) is 10.0 Å². The third-order valence-corrected chi connectivity index (χ3v) is 5.67. The highest BCUT2D eigenvalue weighted by Crippen LogP contribution is 2.36. The summed E-state index contributed by atoms with van der Waals surface area (Å²) in [5, 5.41) is 1.90. The van der Waals surface area contributed by atoms with Crippen LogP contribution < -0.4 is 4.31 Å². The number of thioether (sulfide) groups is 1. The molecule has 0 spiro atoms. The summed E-state index contributed by atoms with van der Waals surface area (Å²) in [5.41, 5.74) is 1.49. The molecule has 23 heavy (non-hydrogen) atoms. The van der Waals surface area contributed by atoms with Crippen molar-refractivity contribution in [1.82, 2.24) is 9.97 Å². The fourth-order valence-electron chi connectivity index (χ4n) is 2.37. The summed E-state index contributed by atoms with van der Waals surface area (Å²) in [6.45, 7) is 10.0. The van der Waals surface area contributed by atoms with Crippen LogP contribution in [0.5, 0.6) is 0 Å². The molecule has 0 radical (unpaired) electrons. The zero-order valence-electron chi connectivity index (χ0n) is 14.8. The third kappa shape index (κ3) is 4.47. The van der Waals surface area contributed by atoms with Gasteiger partial charge in [0, 0.05) is 17.8 Å². The zero-order valence-corrected chi connectivity index (χ0v) is 16.5. The predicted octanol–water partition coefficient (Wildman–Crippen LogP) is 4.31. The summed E-state index contributed by atoms with van der Waals surface area (Å²) in [6, 6.07) is -0.0762. The minimum atomic E-state index is -3.46. The highest BCUT2D eigenvalue weighted by molar-refractivity contribution is 7.98. The van der Waals surface area contributed by atoms with Crippen molar-refractivity contribution >= 4 is 33.2 Å². The number of fused-ring (bicyclic) bond motifs is 1. The van der Waals surface area contributed by atoms with E-state index in [0.29, 0.717) is 16.5 Å². The fraction of sp³-hybridized carbons (Fsp3) is 0.625. The second-order valence-corrected chi connectivity index (χ2v) is 7.85. The Morgan fingerprint density at radius 1 is 1.22 bits per heavy atom. The Kier molecular flexibility index (Phi) is 7.54. The fourth-order valence-corrected chi connectivity index (χ4v) is 4.48. The Balaban J connectivity index is 0.000000816. The van der Waals surface area contributed by atoms with Crippen LogP contribution >= 0.6 is 11.8 Å². The van der Waals surface area contributed by atoms with Gasteiger partial charge in [-0.1, -0.05) is 45.9 Å². The van der Waals surface area contributed by atoms with Gasteiger partial charge in [-0.15, -0.1) is 0 Å². The molecule has 0 amide bonds. The molecule has 0 saturated carbocycles. The largest absolute Gasteiger partial charge is 0.259 e. The van der Waals surface area contributed by atoms with E-state index in [1.165, 1.54) is 27.9 Å². The van der Waals surface area contributed by atoms with Crippen molar-refractivity contribution in [1.29, 1.82) is 0 Å². The van der Waals surface area contributed by atoms with E-state index in [-0.39, 0.29) is 6.04 Å². The van der Waals surface area contributed by atoms with E-state index in [4.69, 9.17) is 0 Å². The van der Waals surface area contributed by atoms with Gasteiger partial charge < -0.3 is 0 Å². The van der Waals surface area contributed by atoms with Crippen LogP contribution in [0.3, 0.4) is 0 Å². The van der Waals surface area contributed by atoms with Gasteiger partial charge >= 0.3 is 0 Å². The van der Waals surface area contributed by atoms with Crippen molar-refractivity contribution in [3.8, 4) is 0 Å². The van der Waals surface area contributed by atoms with Crippen LogP contribution in [0.2, 0.25) is 0 Å². The van der Waals surface area contributed by atoms with Gasteiger partial charge in [0.05, 0.1) is 5.41 Å². The first-order chi connectivity index (χ1) is 10.9. The Morgan fingerprint density at radius 3 is 2.26 bits per heavy atom. The number of anilines is 1. The molecule has 2 heterocycles. The van der Waals surface area contributed by atoms with E-state index in [1.807, 2.05) is 20.1 Å². The summed E-state index contributed by atoms with van der Waals surface area (Å²) in [6.07, 6.45) is 6.34. The van der Waals surface area contributed by atoms with E-state index in [9.17, 15) is 8.42 Å². The SMILES string of the molecule is CCC.CCC(CC)N1c2nc(SC)ncc2C(C)=CS1(=O)=O. The second kappa shape index (κ2) is 8.68. The number of allylic oxidation sites excluding steroid dienone is 1. The number of nitrogens with zero attached hydrogens (tertiary/aromatic N) is 3.